The number of nitrogens with one attached hydrogen (secondary N) is 2. The molecule has 0 unspecified atom stereocenters. The Morgan fingerprint density at radius 3 is 3.13 bits per heavy atom. The van der Waals surface area contributed by atoms with E-state index in [0.29, 0.717) is 0 Å². The van der Waals surface area contributed by atoms with Crippen molar-refractivity contribution in [3.63, 3.8) is 0 Å². The molecule has 1 aromatic heterocycles. The number of benzene rings is 1. The molecule has 0 aliphatic carbocycles. The highest BCUT2D eigenvalue weighted by molar-refractivity contribution is 5.90. The van der Waals surface area contributed by atoms with E-state index < -0.39 is 0 Å². The second-order valence-electron chi connectivity index (χ2n) is 3.93. The summed E-state index contributed by atoms with van der Waals surface area (Å²) in [5, 5.41) is 4.53. The number of fused-ring (bicyclic) bond motifs is 3. The summed E-state index contributed by atoms with van der Waals surface area (Å²) in [6, 6.07) is 5.81. The number of aldehydes is 1. The zero-order valence-electron chi connectivity index (χ0n) is 8.34. The second kappa shape index (κ2) is 3.21. The lowest BCUT2D eigenvalue weighted by molar-refractivity contribution is 0.112. The third kappa shape index (κ3) is 1.27. The molecule has 0 saturated heterocycles. The molecule has 15 heavy (non-hydrogen) atoms. The summed E-state index contributed by atoms with van der Waals surface area (Å²) >= 11 is 0. The Morgan fingerprint density at radius 2 is 2.27 bits per heavy atom. The highest BCUT2D eigenvalue weighted by atomic mass is 16.1. The zero-order chi connectivity index (χ0) is 10.3. The Bertz CT molecular complexity index is 528. The van der Waals surface area contributed by atoms with E-state index >= 15 is 0 Å². The van der Waals surface area contributed by atoms with Gasteiger partial charge in [-0.1, -0.05) is 0 Å². The minimum atomic E-state index is 0.753. The number of rotatable bonds is 1. The number of H-pyrrole nitrogens is 1. The summed E-state index contributed by atoms with van der Waals surface area (Å²) in [7, 11) is 0. The van der Waals surface area contributed by atoms with Crippen LogP contribution in [0.5, 0.6) is 0 Å². The Kier molecular flexibility index (Phi) is 1.86. The van der Waals surface area contributed by atoms with Crippen molar-refractivity contribution in [2.45, 2.75) is 13.0 Å². The van der Waals surface area contributed by atoms with E-state index in [2.05, 4.69) is 10.3 Å². The molecule has 0 amide bonds. The zero-order valence-corrected chi connectivity index (χ0v) is 8.34. The van der Waals surface area contributed by atoms with Gasteiger partial charge < -0.3 is 10.3 Å². The monoisotopic (exact) mass is 200 g/mol. The van der Waals surface area contributed by atoms with E-state index in [4.69, 9.17) is 0 Å². The molecule has 0 bridgehead atoms. The quantitative estimate of drug-likeness (QED) is 0.687. The van der Waals surface area contributed by atoms with Gasteiger partial charge in [-0.25, -0.2) is 0 Å². The summed E-state index contributed by atoms with van der Waals surface area (Å²) < 4.78 is 0. The van der Waals surface area contributed by atoms with Gasteiger partial charge in [0, 0.05) is 28.7 Å². The van der Waals surface area contributed by atoms with Crippen molar-refractivity contribution in [1.82, 2.24) is 10.3 Å². The number of aromatic nitrogens is 1. The maximum Gasteiger partial charge on any atom is 0.150 e. The molecule has 1 aliphatic rings. The van der Waals surface area contributed by atoms with E-state index in [1.165, 1.54) is 16.6 Å². The van der Waals surface area contributed by atoms with Crippen LogP contribution in [0.4, 0.5) is 0 Å². The predicted molar refractivity (Wildman–Crippen MR) is 59.1 cm³/mol. The molecule has 1 aliphatic heterocycles. The maximum atomic E-state index is 10.7. The predicted octanol–water partition coefficient (Wildman–Crippen LogP) is 1.63. The molecular formula is C12H12N2O. The van der Waals surface area contributed by atoms with Gasteiger partial charge in [0.15, 0.2) is 0 Å². The number of carbonyl (C=O) groups is 1. The molecule has 2 heterocycles. The third-order valence-corrected chi connectivity index (χ3v) is 3.01. The van der Waals surface area contributed by atoms with E-state index in [1.807, 2.05) is 18.2 Å². The van der Waals surface area contributed by atoms with Crippen LogP contribution in [0.2, 0.25) is 0 Å². The molecule has 2 aromatic rings. The average molecular weight is 200 g/mol. The van der Waals surface area contributed by atoms with Gasteiger partial charge in [0.05, 0.1) is 0 Å². The Hall–Kier alpha value is -1.61. The summed E-state index contributed by atoms with van der Waals surface area (Å²) in [4.78, 5) is 14.1. The number of aromatic amines is 1. The van der Waals surface area contributed by atoms with E-state index in [1.54, 1.807) is 0 Å². The lowest BCUT2D eigenvalue weighted by atomic mass is 10.0. The first-order chi connectivity index (χ1) is 7.38. The highest BCUT2D eigenvalue weighted by Crippen LogP contribution is 2.25. The van der Waals surface area contributed by atoms with Crippen molar-refractivity contribution in [2.24, 2.45) is 0 Å². The summed E-state index contributed by atoms with van der Waals surface area (Å²) in [6.45, 7) is 1.92. The van der Waals surface area contributed by atoms with E-state index in [-0.39, 0.29) is 0 Å². The van der Waals surface area contributed by atoms with Gasteiger partial charge >= 0.3 is 0 Å². The molecule has 0 radical (unpaired) electrons. The SMILES string of the molecule is O=Cc1ccc2[nH]c3c(c2c1)CCNC3. The van der Waals surface area contributed by atoms with Crippen molar-refractivity contribution in [3.05, 3.63) is 35.0 Å². The van der Waals surface area contributed by atoms with Crippen LogP contribution in [0.25, 0.3) is 10.9 Å². The van der Waals surface area contributed by atoms with Crippen LogP contribution in [0.3, 0.4) is 0 Å². The molecule has 1 aromatic carbocycles. The van der Waals surface area contributed by atoms with E-state index in [0.717, 1.165) is 36.9 Å². The fraction of sp³-hybridized carbons (Fsp3) is 0.250. The largest absolute Gasteiger partial charge is 0.357 e. The normalized spacial score (nSPS) is 15.2. The molecule has 2 N–H and O–H groups in total. The first kappa shape index (κ1) is 8.68. The smallest absolute Gasteiger partial charge is 0.150 e. The van der Waals surface area contributed by atoms with Gasteiger partial charge in [-0.2, -0.15) is 0 Å². The van der Waals surface area contributed by atoms with Crippen LogP contribution in [0.15, 0.2) is 18.2 Å². The van der Waals surface area contributed by atoms with Gasteiger partial charge in [-0.05, 0) is 36.7 Å². The average Bonchev–Trinajstić information content (AvgIpc) is 2.66. The van der Waals surface area contributed by atoms with Crippen LogP contribution >= 0.6 is 0 Å². The van der Waals surface area contributed by atoms with Gasteiger partial charge in [-0.3, -0.25) is 4.79 Å². The minimum Gasteiger partial charge on any atom is -0.357 e. The molecule has 3 rings (SSSR count). The lowest BCUT2D eigenvalue weighted by Gasteiger charge is -2.12. The molecule has 0 atom stereocenters. The minimum absolute atomic E-state index is 0.753. The molecule has 76 valence electrons. The standard InChI is InChI=1S/C12H12N2O/c15-7-8-1-2-11-10(5-8)9-3-4-13-6-12(9)14-11/h1-2,5,7,13-14H,3-4,6H2. The molecule has 0 saturated carbocycles. The maximum absolute atomic E-state index is 10.7. The Labute approximate surface area is 87.5 Å². The summed E-state index contributed by atoms with van der Waals surface area (Å²) in [5.41, 5.74) is 4.52. The van der Waals surface area contributed by atoms with Gasteiger partial charge in [-0.15, -0.1) is 0 Å². The van der Waals surface area contributed by atoms with Crippen LogP contribution in [0.1, 0.15) is 21.6 Å². The second-order valence-corrected chi connectivity index (χ2v) is 3.93. The molecular weight excluding hydrogens is 188 g/mol. The van der Waals surface area contributed by atoms with Crippen molar-refractivity contribution < 1.29 is 4.79 Å². The topological polar surface area (TPSA) is 44.9 Å². The number of hydrogen-bond donors (Lipinski definition) is 2. The van der Waals surface area contributed by atoms with Crippen LogP contribution < -0.4 is 5.32 Å². The first-order valence-electron chi connectivity index (χ1n) is 5.18. The molecule has 3 nitrogen and oxygen atoms in total. The summed E-state index contributed by atoms with van der Waals surface area (Å²) in [5.74, 6) is 0. The summed E-state index contributed by atoms with van der Waals surface area (Å²) in [6.07, 6.45) is 1.94. The highest BCUT2D eigenvalue weighted by Gasteiger charge is 2.14. The van der Waals surface area contributed by atoms with Crippen molar-refractivity contribution in [3.8, 4) is 0 Å². The van der Waals surface area contributed by atoms with Crippen LogP contribution in [-0.2, 0) is 13.0 Å². The van der Waals surface area contributed by atoms with E-state index in [9.17, 15) is 4.79 Å². The number of carbonyl (C=O) groups excluding carboxylic acids is 1. The lowest BCUT2D eigenvalue weighted by Crippen LogP contribution is -2.22. The first-order valence-corrected chi connectivity index (χ1v) is 5.18. The Balaban J connectivity index is 2.29. The fourth-order valence-electron chi connectivity index (χ4n) is 2.26. The fourth-order valence-corrected chi connectivity index (χ4v) is 2.26. The molecule has 0 fully saturated rings. The van der Waals surface area contributed by atoms with Gasteiger partial charge in [0.25, 0.3) is 0 Å². The third-order valence-electron chi connectivity index (χ3n) is 3.01. The molecule has 0 spiro atoms. The van der Waals surface area contributed by atoms with Crippen molar-refractivity contribution >= 4 is 17.2 Å². The van der Waals surface area contributed by atoms with Crippen molar-refractivity contribution in [1.29, 1.82) is 0 Å². The van der Waals surface area contributed by atoms with Crippen LogP contribution in [0, 0.1) is 0 Å². The van der Waals surface area contributed by atoms with Crippen molar-refractivity contribution in [2.75, 3.05) is 6.54 Å². The van der Waals surface area contributed by atoms with Gasteiger partial charge in [0.1, 0.15) is 6.29 Å². The molecule has 3 heteroatoms. The Morgan fingerprint density at radius 1 is 1.33 bits per heavy atom. The number of hydrogen-bond acceptors (Lipinski definition) is 2. The van der Waals surface area contributed by atoms with Crippen LogP contribution in [-0.4, -0.2) is 17.8 Å². The van der Waals surface area contributed by atoms with Gasteiger partial charge in [0.2, 0.25) is 0 Å².